The molecule has 25 heavy (non-hydrogen) atoms. The lowest BCUT2D eigenvalue weighted by atomic mass is 9.73. The van der Waals surface area contributed by atoms with Crippen molar-refractivity contribution in [2.45, 2.75) is 65.0 Å². The van der Waals surface area contributed by atoms with Gasteiger partial charge in [-0.1, -0.05) is 27.2 Å². The first-order chi connectivity index (χ1) is 11.7. The van der Waals surface area contributed by atoms with Crippen LogP contribution >= 0.6 is 0 Å². The highest BCUT2D eigenvalue weighted by Gasteiger charge is 2.51. The minimum atomic E-state index is -0.950. The molecule has 0 aromatic carbocycles. The zero-order valence-corrected chi connectivity index (χ0v) is 15.8. The number of carbonyl (C=O) groups excluding carboxylic acids is 1. The van der Waals surface area contributed by atoms with Crippen molar-refractivity contribution in [2.75, 3.05) is 26.4 Å². The average Bonchev–Trinajstić information content (AvgIpc) is 2.95. The first-order valence-corrected chi connectivity index (χ1v) is 9.09. The fraction of sp³-hybridized carbons (Fsp3) is 0.944. The van der Waals surface area contributed by atoms with Crippen LogP contribution < -0.4 is 0 Å². The van der Waals surface area contributed by atoms with Gasteiger partial charge in [0.25, 0.3) is 0 Å². The van der Waals surface area contributed by atoms with Crippen LogP contribution in [-0.4, -0.2) is 65.7 Å². The van der Waals surface area contributed by atoms with Gasteiger partial charge in [-0.15, -0.1) is 0 Å². The Balaban J connectivity index is 0.000000299. The van der Waals surface area contributed by atoms with E-state index in [0.29, 0.717) is 24.4 Å². The summed E-state index contributed by atoms with van der Waals surface area (Å²) in [5.41, 5.74) is 0. The molecule has 0 radical (unpaired) electrons. The molecule has 7 nitrogen and oxygen atoms in total. The third kappa shape index (κ3) is 6.83. The molecule has 0 amide bonds. The molecular weight excluding hydrogens is 328 g/mol. The lowest BCUT2D eigenvalue weighted by Gasteiger charge is -2.44. The van der Waals surface area contributed by atoms with Crippen molar-refractivity contribution in [3.63, 3.8) is 0 Å². The number of aliphatic hydroxyl groups is 3. The molecule has 5 atom stereocenters. The lowest BCUT2D eigenvalue weighted by Crippen LogP contribution is -2.47. The maximum absolute atomic E-state index is 10.0. The normalized spacial score (nSPS) is 33.0. The van der Waals surface area contributed by atoms with Gasteiger partial charge in [0.1, 0.15) is 18.8 Å². The SMILES string of the molecule is CC(=O)OCC(O)CO.CC1CCC(C(C)C)C2(C1)OCC(CO)O2. The number of aliphatic hydroxyl groups excluding tert-OH is 3. The molecule has 2 fully saturated rings. The van der Waals surface area contributed by atoms with Gasteiger partial charge in [0.05, 0.1) is 19.8 Å². The second-order valence-electron chi connectivity index (χ2n) is 7.42. The van der Waals surface area contributed by atoms with Crippen molar-refractivity contribution in [1.82, 2.24) is 0 Å². The predicted molar refractivity (Wildman–Crippen MR) is 91.7 cm³/mol. The second kappa shape index (κ2) is 10.4. The van der Waals surface area contributed by atoms with Crippen molar-refractivity contribution in [3.05, 3.63) is 0 Å². The van der Waals surface area contributed by atoms with Gasteiger partial charge in [-0.2, -0.15) is 0 Å². The van der Waals surface area contributed by atoms with Crippen molar-refractivity contribution < 1.29 is 34.3 Å². The Kier molecular flexibility index (Phi) is 9.30. The maximum atomic E-state index is 10.0. The molecule has 1 saturated carbocycles. The number of rotatable bonds is 5. The molecule has 1 heterocycles. The van der Waals surface area contributed by atoms with Gasteiger partial charge in [0.2, 0.25) is 0 Å². The van der Waals surface area contributed by atoms with E-state index in [0.717, 1.165) is 6.42 Å². The fourth-order valence-corrected chi connectivity index (χ4v) is 3.51. The minimum absolute atomic E-state index is 0.0704. The summed E-state index contributed by atoms with van der Waals surface area (Å²) in [6.07, 6.45) is 2.35. The van der Waals surface area contributed by atoms with Crippen LogP contribution in [0.2, 0.25) is 0 Å². The number of hydrogen-bond acceptors (Lipinski definition) is 7. The Morgan fingerprint density at radius 1 is 1.32 bits per heavy atom. The fourth-order valence-electron chi connectivity index (χ4n) is 3.51. The summed E-state index contributed by atoms with van der Waals surface area (Å²) >= 11 is 0. The third-order valence-corrected chi connectivity index (χ3v) is 4.75. The van der Waals surface area contributed by atoms with E-state index in [1.54, 1.807) is 0 Å². The van der Waals surface area contributed by atoms with Gasteiger partial charge in [-0.3, -0.25) is 4.79 Å². The summed E-state index contributed by atoms with van der Waals surface area (Å²) in [5, 5.41) is 26.0. The van der Waals surface area contributed by atoms with Crippen LogP contribution in [0, 0.1) is 17.8 Å². The molecule has 1 spiro atoms. The molecule has 0 bridgehead atoms. The predicted octanol–water partition coefficient (Wildman–Crippen LogP) is 1.09. The zero-order chi connectivity index (χ0) is 19.0. The molecule has 1 aliphatic heterocycles. The zero-order valence-electron chi connectivity index (χ0n) is 15.8. The highest BCUT2D eigenvalue weighted by molar-refractivity contribution is 5.65. The molecule has 1 aliphatic carbocycles. The van der Waals surface area contributed by atoms with E-state index in [-0.39, 0.29) is 25.9 Å². The van der Waals surface area contributed by atoms with Gasteiger partial charge in [0.15, 0.2) is 5.79 Å². The van der Waals surface area contributed by atoms with E-state index in [1.165, 1.54) is 19.8 Å². The Labute approximate surface area is 150 Å². The van der Waals surface area contributed by atoms with E-state index in [1.807, 2.05) is 0 Å². The first-order valence-electron chi connectivity index (χ1n) is 9.09. The highest BCUT2D eigenvalue weighted by atomic mass is 16.7. The van der Waals surface area contributed by atoms with Crippen LogP contribution in [0.15, 0.2) is 0 Å². The van der Waals surface area contributed by atoms with Crippen LogP contribution in [0.1, 0.15) is 47.0 Å². The lowest BCUT2D eigenvalue weighted by molar-refractivity contribution is -0.240. The Morgan fingerprint density at radius 2 is 2.00 bits per heavy atom. The quantitative estimate of drug-likeness (QED) is 0.629. The van der Waals surface area contributed by atoms with Crippen LogP contribution in [0.3, 0.4) is 0 Å². The van der Waals surface area contributed by atoms with Gasteiger partial charge >= 0.3 is 5.97 Å². The molecule has 7 heteroatoms. The van der Waals surface area contributed by atoms with Gasteiger partial charge in [-0.05, 0) is 18.3 Å². The number of ether oxygens (including phenoxy) is 3. The van der Waals surface area contributed by atoms with E-state index in [9.17, 15) is 4.79 Å². The Hall–Kier alpha value is -0.730. The smallest absolute Gasteiger partial charge is 0.302 e. The molecule has 0 aromatic rings. The Morgan fingerprint density at radius 3 is 2.48 bits per heavy atom. The summed E-state index contributed by atoms with van der Waals surface area (Å²) in [5.74, 6) is 0.847. The minimum Gasteiger partial charge on any atom is -0.463 e. The number of esters is 1. The van der Waals surface area contributed by atoms with E-state index < -0.39 is 17.9 Å². The monoisotopic (exact) mass is 362 g/mol. The maximum Gasteiger partial charge on any atom is 0.302 e. The average molecular weight is 362 g/mol. The first kappa shape index (κ1) is 22.3. The van der Waals surface area contributed by atoms with Crippen LogP contribution in [0.25, 0.3) is 0 Å². The molecular formula is C18H34O7. The van der Waals surface area contributed by atoms with Crippen LogP contribution in [0.5, 0.6) is 0 Å². The van der Waals surface area contributed by atoms with E-state index in [4.69, 9.17) is 24.8 Å². The molecule has 1 saturated heterocycles. The van der Waals surface area contributed by atoms with Crippen molar-refractivity contribution >= 4 is 5.97 Å². The summed E-state index contributed by atoms with van der Waals surface area (Å²) in [4.78, 5) is 10.0. The molecule has 148 valence electrons. The highest BCUT2D eigenvalue weighted by Crippen LogP contribution is 2.47. The summed E-state index contributed by atoms with van der Waals surface area (Å²) in [7, 11) is 0. The van der Waals surface area contributed by atoms with Crippen molar-refractivity contribution in [1.29, 1.82) is 0 Å². The van der Waals surface area contributed by atoms with Crippen molar-refractivity contribution in [2.24, 2.45) is 17.8 Å². The van der Waals surface area contributed by atoms with Crippen molar-refractivity contribution in [3.8, 4) is 0 Å². The topological polar surface area (TPSA) is 105 Å². The third-order valence-electron chi connectivity index (χ3n) is 4.75. The number of hydrogen-bond donors (Lipinski definition) is 3. The molecule has 0 aromatic heterocycles. The number of carbonyl (C=O) groups is 1. The van der Waals surface area contributed by atoms with Gasteiger partial charge < -0.3 is 29.5 Å². The van der Waals surface area contributed by atoms with E-state index in [2.05, 4.69) is 25.5 Å². The molecule has 2 aliphatic rings. The largest absolute Gasteiger partial charge is 0.463 e. The summed E-state index contributed by atoms with van der Waals surface area (Å²) < 4.78 is 16.3. The van der Waals surface area contributed by atoms with Gasteiger partial charge in [0, 0.05) is 19.3 Å². The summed E-state index contributed by atoms with van der Waals surface area (Å²) in [6.45, 7) is 8.08. The Bertz CT molecular complexity index is 401. The van der Waals surface area contributed by atoms with Crippen LogP contribution in [-0.2, 0) is 19.0 Å². The van der Waals surface area contributed by atoms with Crippen LogP contribution in [0.4, 0.5) is 0 Å². The molecule has 2 rings (SSSR count). The van der Waals surface area contributed by atoms with E-state index >= 15 is 0 Å². The molecule has 5 unspecified atom stereocenters. The standard InChI is InChI=1S/C13H24O3.C5H10O4/c1-9(2)12-5-4-10(3)6-13(12)15-8-11(7-14)16-13;1-4(7)9-3-5(8)2-6/h9-12,14H,4-8H2,1-3H3;5-6,8H,2-3H2,1H3. The second-order valence-corrected chi connectivity index (χ2v) is 7.42. The van der Waals surface area contributed by atoms with Gasteiger partial charge in [-0.25, -0.2) is 0 Å². The molecule has 3 N–H and O–H groups in total. The summed E-state index contributed by atoms with van der Waals surface area (Å²) in [6, 6.07) is 0.